The van der Waals surface area contributed by atoms with Gasteiger partial charge in [0.25, 0.3) is 0 Å². The Morgan fingerprint density at radius 1 is 1.10 bits per heavy atom. The summed E-state index contributed by atoms with van der Waals surface area (Å²) in [5.74, 6) is -2.09. The summed E-state index contributed by atoms with van der Waals surface area (Å²) in [4.78, 5) is 40.2. The zero-order valence-corrected chi connectivity index (χ0v) is 23.6. The lowest BCUT2D eigenvalue weighted by Crippen LogP contribution is -2.49. The largest absolute Gasteiger partial charge is 0.462 e. The second-order valence-corrected chi connectivity index (χ2v) is 10.3. The van der Waals surface area contributed by atoms with Crippen LogP contribution in [0.5, 0.6) is 0 Å². The number of hydrogen-bond donors (Lipinski definition) is 3. The van der Waals surface area contributed by atoms with Crippen molar-refractivity contribution in [3.05, 3.63) is 89.0 Å². The Morgan fingerprint density at radius 2 is 1.80 bits per heavy atom. The van der Waals surface area contributed by atoms with Gasteiger partial charge < -0.3 is 25.4 Å². The highest BCUT2D eigenvalue weighted by atomic mass is 19.1. The molecular formula is C31H38FN3O5. The number of halogens is 1. The minimum absolute atomic E-state index is 0.0563. The van der Waals surface area contributed by atoms with Crippen molar-refractivity contribution in [2.45, 2.75) is 59.3 Å². The van der Waals surface area contributed by atoms with Crippen molar-refractivity contribution in [1.82, 2.24) is 10.2 Å². The lowest BCUT2D eigenvalue weighted by atomic mass is 9.85. The maximum Gasteiger partial charge on any atom is 0.326 e. The van der Waals surface area contributed by atoms with E-state index in [-0.39, 0.29) is 30.5 Å². The molecule has 3 atom stereocenters. The number of amides is 1. The number of nitrogens with zero attached hydrogens (tertiary/aromatic N) is 1. The van der Waals surface area contributed by atoms with E-state index in [0.29, 0.717) is 23.4 Å². The van der Waals surface area contributed by atoms with Gasteiger partial charge in [-0.25, -0.2) is 4.39 Å². The topological polar surface area (TPSA) is 108 Å². The third-order valence-corrected chi connectivity index (χ3v) is 6.74. The van der Waals surface area contributed by atoms with Crippen molar-refractivity contribution in [3.63, 3.8) is 0 Å². The molecule has 0 aliphatic carbocycles. The number of Topliss-reactive ketones (excluding diaryl/α,β-unsaturated/α-hetero) is 1. The molecule has 2 aromatic rings. The lowest BCUT2D eigenvalue weighted by Gasteiger charge is -2.33. The van der Waals surface area contributed by atoms with Crippen LogP contribution >= 0.6 is 0 Å². The van der Waals surface area contributed by atoms with Gasteiger partial charge in [-0.1, -0.05) is 43.3 Å². The molecule has 8 nitrogen and oxygen atoms in total. The Kier molecular flexibility index (Phi) is 10.6. The average Bonchev–Trinajstić information content (AvgIpc) is 2.88. The van der Waals surface area contributed by atoms with Gasteiger partial charge in [0.15, 0.2) is 5.78 Å². The van der Waals surface area contributed by atoms with Crippen LogP contribution in [0.4, 0.5) is 10.1 Å². The van der Waals surface area contributed by atoms with Gasteiger partial charge >= 0.3 is 5.97 Å². The second-order valence-electron chi connectivity index (χ2n) is 10.3. The van der Waals surface area contributed by atoms with Crippen LogP contribution in [0, 0.1) is 11.7 Å². The number of aliphatic hydroxyl groups excluding tert-OH is 1. The van der Waals surface area contributed by atoms with Crippen LogP contribution in [0.3, 0.4) is 0 Å². The quantitative estimate of drug-likeness (QED) is 0.343. The Bertz CT molecular complexity index is 1270. The monoisotopic (exact) mass is 551 g/mol. The van der Waals surface area contributed by atoms with Gasteiger partial charge in [0.05, 0.1) is 18.2 Å². The molecule has 0 saturated heterocycles. The number of aliphatic hydroxyl groups is 1. The predicted octanol–water partition coefficient (Wildman–Crippen LogP) is 3.98. The standard InChI is InChI=1S/C31H38FN3O5/c1-19(2)40-29(38)18-35-17-26(20(3)30(21(35)4)22(5)36)31(39)34-27(14-23-10-7-6-8-11-23)28(37)16-33-25-13-9-12-24(32)15-25/h6-13,15,17,19-20,27-28,33,37H,14,16,18H2,1-5H3,(H,34,39)/t20?,27-,28+/m0/s1. The Hall–Kier alpha value is -3.98. The highest BCUT2D eigenvalue weighted by Crippen LogP contribution is 2.31. The van der Waals surface area contributed by atoms with Crippen LogP contribution in [-0.4, -0.2) is 59.0 Å². The van der Waals surface area contributed by atoms with Crippen LogP contribution in [0.1, 0.15) is 40.2 Å². The number of hydrogen-bond acceptors (Lipinski definition) is 7. The maximum absolute atomic E-state index is 13.7. The third-order valence-electron chi connectivity index (χ3n) is 6.74. The summed E-state index contributed by atoms with van der Waals surface area (Å²) in [6.45, 7) is 8.33. The van der Waals surface area contributed by atoms with E-state index in [1.807, 2.05) is 30.3 Å². The van der Waals surface area contributed by atoms with Gasteiger partial charge in [-0.3, -0.25) is 14.4 Å². The number of rotatable bonds is 12. The third kappa shape index (κ3) is 8.26. The SMILES string of the molecule is CC(=O)C1=C(C)N(CC(=O)OC(C)C)C=C(C(=O)N[C@@H](Cc2ccccc2)[C@H](O)CNc2cccc(F)c2)C1C. The summed E-state index contributed by atoms with van der Waals surface area (Å²) in [7, 11) is 0. The van der Waals surface area contributed by atoms with Crippen LogP contribution in [-0.2, 0) is 25.5 Å². The number of allylic oxidation sites excluding steroid dienone is 2. The summed E-state index contributed by atoms with van der Waals surface area (Å²) in [5.41, 5.74) is 2.71. The molecule has 3 N–H and O–H groups in total. The Morgan fingerprint density at radius 3 is 2.42 bits per heavy atom. The molecule has 0 aromatic heterocycles. The van der Waals surface area contributed by atoms with Crippen molar-refractivity contribution >= 4 is 23.3 Å². The van der Waals surface area contributed by atoms with E-state index in [2.05, 4.69) is 10.6 Å². The molecule has 0 saturated carbocycles. The van der Waals surface area contributed by atoms with Gasteiger partial charge in [0, 0.05) is 41.2 Å². The zero-order chi connectivity index (χ0) is 29.4. The summed E-state index contributed by atoms with van der Waals surface area (Å²) in [5, 5.41) is 17.1. The van der Waals surface area contributed by atoms with Crippen LogP contribution < -0.4 is 10.6 Å². The fourth-order valence-electron chi connectivity index (χ4n) is 4.78. The fourth-order valence-corrected chi connectivity index (χ4v) is 4.78. The fraction of sp³-hybridized carbons (Fsp3) is 0.387. The molecule has 40 heavy (non-hydrogen) atoms. The summed E-state index contributed by atoms with van der Waals surface area (Å²) >= 11 is 0. The van der Waals surface area contributed by atoms with Gasteiger partial charge in [-0.2, -0.15) is 0 Å². The Balaban J connectivity index is 1.85. The zero-order valence-electron chi connectivity index (χ0n) is 23.6. The van der Waals surface area contributed by atoms with Gasteiger partial charge in [-0.05, 0) is 57.9 Å². The molecule has 9 heteroatoms. The van der Waals surface area contributed by atoms with Gasteiger partial charge in [0.2, 0.25) is 5.91 Å². The van der Waals surface area contributed by atoms with Gasteiger partial charge in [0.1, 0.15) is 12.4 Å². The maximum atomic E-state index is 13.7. The van der Waals surface area contributed by atoms with Crippen LogP contribution in [0.25, 0.3) is 0 Å². The number of nitrogens with one attached hydrogen (secondary N) is 2. The first kappa shape index (κ1) is 30.6. The highest BCUT2D eigenvalue weighted by molar-refractivity contribution is 6.01. The van der Waals surface area contributed by atoms with Crippen LogP contribution in [0.2, 0.25) is 0 Å². The lowest BCUT2D eigenvalue weighted by molar-refractivity contribution is -0.147. The molecule has 0 radical (unpaired) electrons. The molecule has 1 heterocycles. The molecule has 3 rings (SSSR count). The normalized spacial score (nSPS) is 16.8. The molecule has 1 aliphatic rings. The molecular weight excluding hydrogens is 513 g/mol. The van der Waals surface area contributed by atoms with E-state index in [1.54, 1.807) is 50.9 Å². The van der Waals surface area contributed by atoms with Crippen molar-refractivity contribution in [1.29, 1.82) is 0 Å². The number of carbonyl (C=O) groups excluding carboxylic acids is 3. The summed E-state index contributed by atoms with van der Waals surface area (Å²) in [6.07, 6.45) is 0.564. The molecule has 1 aliphatic heterocycles. The molecule has 0 fully saturated rings. The van der Waals surface area contributed by atoms with Crippen molar-refractivity contribution in [2.75, 3.05) is 18.4 Å². The molecule has 0 bridgehead atoms. The smallest absolute Gasteiger partial charge is 0.326 e. The first-order valence-electron chi connectivity index (χ1n) is 13.4. The van der Waals surface area contributed by atoms with E-state index in [0.717, 1.165) is 5.56 Å². The second kappa shape index (κ2) is 13.9. The van der Waals surface area contributed by atoms with E-state index in [4.69, 9.17) is 4.74 Å². The first-order valence-corrected chi connectivity index (χ1v) is 13.4. The van der Waals surface area contributed by atoms with Crippen molar-refractivity contribution < 1.29 is 28.6 Å². The first-order chi connectivity index (χ1) is 19.0. The minimum Gasteiger partial charge on any atom is -0.462 e. The van der Waals surface area contributed by atoms with E-state index in [9.17, 15) is 23.9 Å². The summed E-state index contributed by atoms with van der Waals surface area (Å²) in [6, 6.07) is 14.6. The van der Waals surface area contributed by atoms with E-state index >= 15 is 0 Å². The predicted molar refractivity (Wildman–Crippen MR) is 152 cm³/mol. The van der Waals surface area contributed by atoms with Crippen LogP contribution in [0.15, 0.2) is 77.6 Å². The number of ether oxygens (including phenoxy) is 1. The van der Waals surface area contributed by atoms with Crippen molar-refractivity contribution in [3.8, 4) is 0 Å². The average molecular weight is 552 g/mol. The number of carbonyl (C=O) groups is 3. The number of benzene rings is 2. The Labute approximate surface area is 234 Å². The van der Waals surface area contributed by atoms with E-state index in [1.165, 1.54) is 19.1 Å². The number of anilines is 1. The summed E-state index contributed by atoms with van der Waals surface area (Å²) < 4.78 is 18.9. The van der Waals surface area contributed by atoms with Crippen molar-refractivity contribution in [2.24, 2.45) is 5.92 Å². The number of ketones is 1. The van der Waals surface area contributed by atoms with Gasteiger partial charge in [-0.15, -0.1) is 0 Å². The molecule has 1 amide bonds. The molecule has 214 valence electrons. The molecule has 0 spiro atoms. The minimum atomic E-state index is -1.03. The van der Waals surface area contributed by atoms with E-state index < -0.39 is 35.8 Å². The molecule has 1 unspecified atom stereocenters. The molecule has 2 aromatic carbocycles. The number of esters is 1. The highest BCUT2D eigenvalue weighted by Gasteiger charge is 2.33.